The number of carbonyl (C=O) groups is 2. The summed E-state index contributed by atoms with van der Waals surface area (Å²) in [7, 11) is 3.14. The molecule has 2 aromatic rings. The Kier molecular flexibility index (Phi) is 6.29. The Labute approximate surface area is 168 Å². The van der Waals surface area contributed by atoms with Gasteiger partial charge in [-0.15, -0.1) is 0 Å². The molecule has 0 radical (unpaired) electrons. The minimum atomic E-state index is -0.620. The Morgan fingerprint density at radius 1 is 0.966 bits per heavy atom. The van der Waals surface area contributed by atoms with Crippen molar-refractivity contribution in [1.29, 1.82) is 0 Å². The second-order valence-electron chi connectivity index (χ2n) is 6.11. The predicted octanol–water partition coefficient (Wildman–Crippen LogP) is 3.37. The number of methoxy groups -OCH3 is 2. The molecule has 0 unspecified atom stereocenters. The maximum Gasteiger partial charge on any atom is 0.368 e. The van der Waals surface area contributed by atoms with E-state index in [2.05, 4.69) is 5.16 Å². The van der Waals surface area contributed by atoms with Gasteiger partial charge in [-0.05, 0) is 54.5 Å². The van der Waals surface area contributed by atoms with Crippen molar-refractivity contribution < 1.29 is 28.6 Å². The van der Waals surface area contributed by atoms with E-state index in [0.29, 0.717) is 33.9 Å². The van der Waals surface area contributed by atoms with Gasteiger partial charge >= 0.3 is 11.9 Å². The summed E-state index contributed by atoms with van der Waals surface area (Å²) < 4.78 is 15.5. The lowest BCUT2D eigenvalue weighted by atomic mass is 9.91. The van der Waals surface area contributed by atoms with E-state index in [1.54, 1.807) is 69.7 Å². The summed E-state index contributed by atoms with van der Waals surface area (Å²) in [5.74, 6) is 0.268. The molecule has 7 nitrogen and oxygen atoms in total. The Morgan fingerprint density at radius 3 is 2.10 bits per heavy atom. The first-order chi connectivity index (χ1) is 14.1. The van der Waals surface area contributed by atoms with Crippen molar-refractivity contribution in [3.05, 3.63) is 65.2 Å². The number of oxime groups is 1. The second kappa shape index (κ2) is 9.05. The summed E-state index contributed by atoms with van der Waals surface area (Å²) in [4.78, 5) is 29.8. The number of nitrogens with zero attached hydrogens (tertiary/aromatic N) is 1. The number of carbonyl (C=O) groups excluding carboxylic acids is 2. The highest BCUT2D eigenvalue weighted by molar-refractivity contribution is 6.33. The van der Waals surface area contributed by atoms with Crippen LogP contribution in [0, 0.1) is 0 Å². The third-order valence-corrected chi connectivity index (χ3v) is 4.39. The van der Waals surface area contributed by atoms with Crippen molar-refractivity contribution in [1.82, 2.24) is 0 Å². The molecule has 2 aromatic carbocycles. The van der Waals surface area contributed by atoms with Crippen LogP contribution in [0.5, 0.6) is 11.5 Å². The number of esters is 1. The SMILES string of the molecule is CCOC(=O)C/C(=C1/C(=O)ON=C1c1ccc(OC)cc1)c1ccc(OC)cc1. The lowest BCUT2D eigenvalue weighted by Crippen LogP contribution is -2.13. The number of rotatable bonds is 7. The van der Waals surface area contributed by atoms with Crippen molar-refractivity contribution in [3.63, 3.8) is 0 Å². The van der Waals surface area contributed by atoms with Gasteiger partial charge in [0.1, 0.15) is 17.2 Å². The average Bonchev–Trinajstić information content (AvgIpc) is 3.13. The molecule has 0 fully saturated rings. The maximum absolute atomic E-state index is 12.6. The lowest BCUT2D eigenvalue weighted by Gasteiger charge is -2.12. The Hall–Kier alpha value is -3.61. The van der Waals surface area contributed by atoms with Gasteiger partial charge in [0, 0.05) is 5.56 Å². The van der Waals surface area contributed by atoms with Crippen molar-refractivity contribution in [2.75, 3.05) is 20.8 Å². The molecule has 7 heteroatoms. The molecular formula is C22H21NO6. The van der Waals surface area contributed by atoms with Crippen molar-refractivity contribution in [2.24, 2.45) is 5.16 Å². The Balaban J connectivity index is 2.10. The topological polar surface area (TPSA) is 83.4 Å². The molecule has 0 bridgehead atoms. The molecule has 0 amide bonds. The maximum atomic E-state index is 12.6. The Bertz CT molecular complexity index is 958. The molecule has 0 spiro atoms. The van der Waals surface area contributed by atoms with Gasteiger partial charge in [-0.1, -0.05) is 17.3 Å². The van der Waals surface area contributed by atoms with Crippen LogP contribution in [0.15, 0.2) is 59.3 Å². The zero-order chi connectivity index (χ0) is 20.8. The van der Waals surface area contributed by atoms with Crippen LogP contribution in [0.3, 0.4) is 0 Å². The van der Waals surface area contributed by atoms with Gasteiger partial charge in [-0.3, -0.25) is 4.79 Å². The summed E-state index contributed by atoms with van der Waals surface area (Å²) in [5, 5.41) is 3.95. The second-order valence-corrected chi connectivity index (χ2v) is 6.11. The highest BCUT2D eigenvalue weighted by Gasteiger charge is 2.32. The predicted molar refractivity (Wildman–Crippen MR) is 107 cm³/mol. The summed E-state index contributed by atoms with van der Waals surface area (Å²) in [6.07, 6.45) is -0.0974. The van der Waals surface area contributed by atoms with Crippen LogP contribution >= 0.6 is 0 Å². The minimum absolute atomic E-state index is 0.0974. The van der Waals surface area contributed by atoms with Crippen molar-refractivity contribution in [3.8, 4) is 11.5 Å². The molecule has 0 N–H and O–H groups in total. The fourth-order valence-corrected chi connectivity index (χ4v) is 2.97. The van der Waals surface area contributed by atoms with Gasteiger partial charge in [-0.25, -0.2) is 4.79 Å². The van der Waals surface area contributed by atoms with Gasteiger partial charge < -0.3 is 19.0 Å². The van der Waals surface area contributed by atoms with Gasteiger partial charge in [0.05, 0.1) is 32.8 Å². The van der Waals surface area contributed by atoms with E-state index in [1.165, 1.54) is 0 Å². The number of hydrogen-bond acceptors (Lipinski definition) is 7. The zero-order valence-electron chi connectivity index (χ0n) is 16.4. The first kappa shape index (κ1) is 20.1. The number of hydrogen-bond donors (Lipinski definition) is 0. The largest absolute Gasteiger partial charge is 0.497 e. The molecule has 0 aromatic heterocycles. The monoisotopic (exact) mass is 395 g/mol. The van der Waals surface area contributed by atoms with Crippen LogP contribution in [0.25, 0.3) is 5.57 Å². The molecule has 1 heterocycles. The molecule has 0 saturated heterocycles. The van der Waals surface area contributed by atoms with Gasteiger partial charge in [0.25, 0.3) is 0 Å². The fourth-order valence-electron chi connectivity index (χ4n) is 2.97. The molecule has 0 aliphatic carbocycles. The summed E-state index contributed by atoms with van der Waals surface area (Å²) in [6.45, 7) is 1.97. The van der Waals surface area contributed by atoms with Crippen LogP contribution in [0.4, 0.5) is 0 Å². The minimum Gasteiger partial charge on any atom is -0.497 e. The summed E-state index contributed by atoms with van der Waals surface area (Å²) in [6, 6.07) is 14.1. The normalized spacial score (nSPS) is 14.7. The standard InChI is InChI=1S/C22H21NO6/c1-4-28-19(24)13-18(14-5-9-16(26-2)10-6-14)20-21(23-29-22(20)25)15-7-11-17(27-3)12-8-15/h5-12H,4,13H2,1-3H3/b20-18-. The molecule has 3 rings (SSSR count). The number of ether oxygens (including phenoxy) is 3. The molecule has 1 aliphatic heterocycles. The zero-order valence-corrected chi connectivity index (χ0v) is 16.4. The van der Waals surface area contributed by atoms with E-state index < -0.39 is 11.9 Å². The van der Waals surface area contributed by atoms with Crippen LogP contribution < -0.4 is 9.47 Å². The fraction of sp³-hybridized carbons (Fsp3) is 0.227. The average molecular weight is 395 g/mol. The molecule has 0 saturated carbocycles. The highest BCUT2D eigenvalue weighted by atomic mass is 16.7. The molecule has 150 valence electrons. The molecular weight excluding hydrogens is 374 g/mol. The van der Waals surface area contributed by atoms with Crippen LogP contribution in [-0.2, 0) is 19.2 Å². The Morgan fingerprint density at radius 2 is 1.55 bits per heavy atom. The van der Waals surface area contributed by atoms with E-state index in [9.17, 15) is 9.59 Å². The van der Waals surface area contributed by atoms with Gasteiger partial charge in [0.2, 0.25) is 0 Å². The van der Waals surface area contributed by atoms with Gasteiger partial charge in [-0.2, -0.15) is 0 Å². The molecule has 0 atom stereocenters. The smallest absolute Gasteiger partial charge is 0.368 e. The van der Waals surface area contributed by atoms with Crippen LogP contribution in [-0.4, -0.2) is 38.5 Å². The lowest BCUT2D eigenvalue weighted by molar-refractivity contribution is -0.141. The molecule has 1 aliphatic rings. The van der Waals surface area contributed by atoms with Crippen molar-refractivity contribution >= 4 is 23.2 Å². The highest BCUT2D eigenvalue weighted by Crippen LogP contribution is 2.31. The van der Waals surface area contributed by atoms with Crippen LogP contribution in [0.1, 0.15) is 24.5 Å². The first-order valence-corrected chi connectivity index (χ1v) is 9.04. The summed E-state index contributed by atoms with van der Waals surface area (Å²) in [5.41, 5.74) is 2.40. The van der Waals surface area contributed by atoms with E-state index >= 15 is 0 Å². The van der Waals surface area contributed by atoms with E-state index in [1.807, 2.05) is 0 Å². The molecule has 29 heavy (non-hydrogen) atoms. The van der Waals surface area contributed by atoms with E-state index in [4.69, 9.17) is 19.0 Å². The quantitative estimate of drug-likeness (QED) is 0.406. The van der Waals surface area contributed by atoms with Gasteiger partial charge in [0.15, 0.2) is 0 Å². The van der Waals surface area contributed by atoms with E-state index in [0.717, 1.165) is 0 Å². The van der Waals surface area contributed by atoms with Crippen molar-refractivity contribution in [2.45, 2.75) is 13.3 Å². The third-order valence-electron chi connectivity index (χ3n) is 4.39. The first-order valence-electron chi connectivity index (χ1n) is 9.04. The van der Waals surface area contributed by atoms with E-state index in [-0.39, 0.29) is 18.6 Å². The van der Waals surface area contributed by atoms with Crippen LogP contribution in [0.2, 0.25) is 0 Å². The summed E-state index contributed by atoms with van der Waals surface area (Å²) >= 11 is 0. The number of benzene rings is 2. The third kappa shape index (κ3) is 4.45.